The molecule has 5 rings (SSSR count). The summed E-state index contributed by atoms with van der Waals surface area (Å²) in [5, 5.41) is 0. The molecule has 0 unspecified atom stereocenters. The van der Waals surface area contributed by atoms with E-state index in [0.717, 1.165) is 34.7 Å². The van der Waals surface area contributed by atoms with Gasteiger partial charge in [0, 0.05) is 37.9 Å². The Morgan fingerprint density at radius 1 is 0.806 bits per heavy atom. The molecule has 184 valence electrons. The van der Waals surface area contributed by atoms with Gasteiger partial charge >= 0.3 is 0 Å². The molecule has 0 bridgehead atoms. The zero-order valence-corrected chi connectivity index (χ0v) is 20.9. The Kier molecular flexibility index (Phi) is 6.97. The summed E-state index contributed by atoms with van der Waals surface area (Å²) >= 11 is 0. The Bertz CT molecular complexity index is 1400. The lowest BCUT2D eigenvalue weighted by Gasteiger charge is -2.34. The first-order chi connectivity index (χ1) is 17.5. The molecule has 1 aromatic heterocycles. The second kappa shape index (κ2) is 10.5. The van der Waals surface area contributed by atoms with Crippen molar-refractivity contribution in [2.24, 2.45) is 0 Å². The van der Waals surface area contributed by atoms with Gasteiger partial charge in [0.15, 0.2) is 0 Å². The first-order valence-electron chi connectivity index (χ1n) is 12.0. The largest absolute Gasteiger partial charge is 0.457 e. The van der Waals surface area contributed by atoms with Crippen molar-refractivity contribution in [3.05, 3.63) is 96.7 Å². The van der Waals surface area contributed by atoms with Crippen molar-refractivity contribution in [1.82, 2.24) is 14.3 Å². The van der Waals surface area contributed by atoms with E-state index < -0.39 is 10.0 Å². The van der Waals surface area contributed by atoms with Gasteiger partial charge in [-0.25, -0.2) is 18.4 Å². The molecule has 4 aromatic rings. The summed E-state index contributed by atoms with van der Waals surface area (Å²) in [4.78, 5) is 11.6. The number of piperazine rings is 1. The number of ether oxygens (including phenoxy) is 1. The van der Waals surface area contributed by atoms with Crippen molar-refractivity contribution in [2.45, 2.75) is 18.2 Å². The van der Waals surface area contributed by atoms with E-state index in [1.165, 1.54) is 0 Å². The van der Waals surface area contributed by atoms with Crippen LogP contribution in [0.4, 0.5) is 5.95 Å². The van der Waals surface area contributed by atoms with Crippen molar-refractivity contribution < 1.29 is 13.2 Å². The predicted octanol–water partition coefficient (Wildman–Crippen LogP) is 5.01. The van der Waals surface area contributed by atoms with Crippen LogP contribution in [0.3, 0.4) is 0 Å². The number of hydrogen-bond acceptors (Lipinski definition) is 6. The number of rotatable bonds is 7. The molecule has 1 saturated heterocycles. The van der Waals surface area contributed by atoms with Gasteiger partial charge in [-0.2, -0.15) is 4.31 Å². The summed E-state index contributed by atoms with van der Waals surface area (Å²) < 4.78 is 33.6. The summed E-state index contributed by atoms with van der Waals surface area (Å²) in [6.45, 7) is 3.88. The molecule has 0 N–H and O–H groups in total. The molecule has 7 nitrogen and oxygen atoms in total. The van der Waals surface area contributed by atoms with Gasteiger partial charge in [-0.05, 0) is 66.6 Å². The van der Waals surface area contributed by atoms with Crippen LogP contribution >= 0.6 is 0 Å². The van der Waals surface area contributed by atoms with Gasteiger partial charge in [-0.1, -0.05) is 37.3 Å². The highest BCUT2D eigenvalue weighted by molar-refractivity contribution is 7.89. The average molecular weight is 501 g/mol. The number of para-hydroxylation sites is 1. The van der Waals surface area contributed by atoms with Crippen LogP contribution < -0.4 is 9.64 Å². The molecule has 0 spiro atoms. The van der Waals surface area contributed by atoms with Gasteiger partial charge in [0.25, 0.3) is 0 Å². The molecule has 0 atom stereocenters. The highest BCUT2D eigenvalue weighted by atomic mass is 32.2. The summed E-state index contributed by atoms with van der Waals surface area (Å²) in [5.41, 5.74) is 2.88. The van der Waals surface area contributed by atoms with Crippen LogP contribution in [0, 0.1) is 0 Å². The fourth-order valence-electron chi connectivity index (χ4n) is 4.15. The average Bonchev–Trinajstić information content (AvgIpc) is 2.94. The van der Waals surface area contributed by atoms with Gasteiger partial charge in [-0.3, -0.25) is 0 Å². The van der Waals surface area contributed by atoms with Crippen LogP contribution in [0.15, 0.2) is 96.0 Å². The smallest absolute Gasteiger partial charge is 0.243 e. The normalized spacial score (nSPS) is 14.5. The van der Waals surface area contributed by atoms with Crippen LogP contribution in [0.1, 0.15) is 12.5 Å². The maximum absolute atomic E-state index is 13.1. The van der Waals surface area contributed by atoms with E-state index in [1.807, 2.05) is 77.7 Å². The molecule has 2 heterocycles. The number of sulfonamides is 1. The molecular weight excluding hydrogens is 472 g/mol. The quantitative estimate of drug-likeness (QED) is 0.355. The third-order valence-corrected chi connectivity index (χ3v) is 8.18. The van der Waals surface area contributed by atoms with E-state index in [-0.39, 0.29) is 0 Å². The standard InChI is InChI=1S/C28H28N4O3S/c1-2-22-8-14-26(15-9-22)36(33,34)32-20-18-31(19-21-32)28-29-17-16-27(30-28)23-10-12-25(13-11-23)35-24-6-4-3-5-7-24/h3-17H,2,18-21H2,1H3. The van der Waals surface area contributed by atoms with Crippen LogP contribution in [0.5, 0.6) is 11.5 Å². The first-order valence-corrected chi connectivity index (χ1v) is 13.5. The van der Waals surface area contributed by atoms with Crippen molar-refractivity contribution >= 4 is 16.0 Å². The minimum Gasteiger partial charge on any atom is -0.457 e. The molecule has 0 amide bonds. The monoisotopic (exact) mass is 500 g/mol. The number of hydrogen-bond donors (Lipinski definition) is 0. The van der Waals surface area contributed by atoms with Crippen molar-refractivity contribution in [2.75, 3.05) is 31.1 Å². The molecule has 1 aliphatic rings. The van der Waals surface area contributed by atoms with Crippen LogP contribution in [-0.4, -0.2) is 48.9 Å². The summed E-state index contributed by atoms with van der Waals surface area (Å²) in [7, 11) is -3.52. The number of aryl methyl sites for hydroxylation is 1. The molecule has 8 heteroatoms. The molecular formula is C28H28N4O3S. The zero-order chi connectivity index (χ0) is 25.0. The van der Waals surface area contributed by atoms with Crippen molar-refractivity contribution in [1.29, 1.82) is 0 Å². The van der Waals surface area contributed by atoms with Crippen LogP contribution in [-0.2, 0) is 16.4 Å². The minimum atomic E-state index is -3.52. The molecule has 0 aliphatic carbocycles. The Hall–Kier alpha value is -3.75. The minimum absolute atomic E-state index is 0.339. The summed E-state index contributed by atoms with van der Waals surface area (Å²) in [5.74, 6) is 2.14. The fraction of sp³-hybridized carbons (Fsp3) is 0.214. The third-order valence-electron chi connectivity index (χ3n) is 6.26. The number of aromatic nitrogens is 2. The number of anilines is 1. The fourth-order valence-corrected chi connectivity index (χ4v) is 5.58. The SMILES string of the molecule is CCc1ccc(S(=O)(=O)N2CCN(c3nccc(-c4ccc(Oc5ccccc5)cc4)n3)CC2)cc1. The lowest BCUT2D eigenvalue weighted by Crippen LogP contribution is -2.49. The van der Waals surface area contributed by atoms with Gasteiger partial charge in [0.05, 0.1) is 10.6 Å². The predicted molar refractivity (Wildman–Crippen MR) is 141 cm³/mol. The van der Waals surface area contributed by atoms with Gasteiger partial charge < -0.3 is 9.64 Å². The summed E-state index contributed by atoms with van der Waals surface area (Å²) in [6.07, 6.45) is 2.62. The second-order valence-electron chi connectivity index (χ2n) is 8.57. The summed E-state index contributed by atoms with van der Waals surface area (Å²) in [6, 6.07) is 26.5. The molecule has 3 aromatic carbocycles. The molecule has 0 saturated carbocycles. The highest BCUT2D eigenvalue weighted by Gasteiger charge is 2.29. The molecule has 1 fully saturated rings. The van der Waals surface area contributed by atoms with E-state index in [4.69, 9.17) is 9.72 Å². The Balaban J connectivity index is 1.24. The van der Waals surface area contributed by atoms with Crippen molar-refractivity contribution in [3.63, 3.8) is 0 Å². The Labute approximate surface area is 212 Å². The first kappa shape index (κ1) is 24.0. The molecule has 36 heavy (non-hydrogen) atoms. The van der Waals surface area contributed by atoms with E-state index in [0.29, 0.717) is 37.0 Å². The van der Waals surface area contributed by atoms with Gasteiger partial charge in [0.2, 0.25) is 16.0 Å². The van der Waals surface area contributed by atoms with Crippen LogP contribution in [0.2, 0.25) is 0 Å². The zero-order valence-electron chi connectivity index (χ0n) is 20.1. The van der Waals surface area contributed by atoms with E-state index in [1.54, 1.807) is 22.6 Å². The van der Waals surface area contributed by atoms with Gasteiger partial charge in [-0.15, -0.1) is 0 Å². The number of benzene rings is 3. The van der Waals surface area contributed by atoms with E-state index in [2.05, 4.69) is 11.9 Å². The lowest BCUT2D eigenvalue weighted by molar-refractivity contribution is 0.382. The van der Waals surface area contributed by atoms with E-state index in [9.17, 15) is 8.42 Å². The maximum Gasteiger partial charge on any atom is 0.243 e. The van der Waals surface area contributed by atoms with Crippen molar-refractivity contribution in [3.8, 4) is 22.8 Å². The van der Waals surface area contributed by atoms with E-state index >= 15 is 0 Å². The highest BCUT2D eigenvalue weighted by Crippen LogP contribution is 2.26. The Morgan fingerprint density at radius 3 is 2.14 bits per heavy atom. The second-order valence-corrected chi connectivity index (χ2v) is 10.5. The number of nitrogens with zero attached hydrogens (tertiary/aromatic N) is 4. The molecule has 1 aliphatic heterocycles. The third kappa shape index (κ3) is 5.24. The maximum atomic E-state index is 13.1. The van der Waals surface area contributed by atoms with Gasteiger partial charge in [0.1, 0.15) is 11.5 Å². The Morgan fingerprint density at radius 2 is 1.47 bits per heavy atom. The van der Waals surface area contributed by atoms with Crippen LogP contribution in [0.25, 0.3) is 11.3 Å². The topological polar surface area (TPSA) is 75.6 Å². The molecule has 0 radical (unpaired) electrons. The lowest BCUT2D eigenvalue weighted by atomic mass is 10.1.